The summed E-state index contributed by atoms with van der Waals surface area (Å²) in [5.74, 6) is 0.396. The lowest BCUT2D eigenvalue weighted by Gasteiger charge is -2.13. The maximum atomic E-state index is 12.8. The van der Waals surface area contributed by atoms with E-state index in [4.69, 9.17) is 14.6 Å². The van der Waals surface area contributed by atoms with E-state index in [9.17, 15) is 10.1 Å². The molecule has 0 unspecified atom stereocenters. The Morgan fingerprint density at radius 2 is 2.11 bits per heavy atom. The van der Waals surface area contributed by atoms with Gasteiger partial charge in [0, 0.05) is 30.5 Å². The number of para-hydroxylation sites is 1. The first kappa shape index (κ1) is 24.2. The van der Waals surface area contributed by atoms with E-state index in [1.807, 2.05) is 81.6 Å². The lowest BCUT2D eigenvalue weighted by molar-refractivity contribution is -0.117. The molecule has 0 bridgehead atoms. The van der Waals surface area contributed by atoms with Crippen molar-refractivity contribution >= 4 is 12.0 Å². The lowest BCUT2D eigenvalue weighted by Crippen LogP contribution is -2.32. The second kappa shape index (κ2) is 11.0. The average molecular weight is 471 g/mol. The summed E-state index contributed by atoms with van der Waals surface area (Å²) in [7, 11) is 0. The number of rotatable bonds is 8. The van der Waals surface area contributed by atoms with Gasteiger partial charge < -0.3 is 14.8 Å². The molecule has 1 amide bonds. The monoisotopic (exact) mass is 470 g/mol. The van der Waals surface area contributed by atoms with Crippen LogP contribution in [0.15, 0.2) is 60.3 Å². The Balaban J connectivity index is 1.69. The number of nitrogens with zero attached hydrogens (tertiary/aromatic N) is 3. The van der Waals surface area contributed by atoms with Crippen molar-refractivity contribution in [3.8, 4) is 28.8 Å². The van der Waals surface area contributed by atoms with Crippen molar-refractivity contribution < 1.29 is 14.3 Å². The van der Waals surface area contributed by atoms with Crippen LogP contribution in [0.1, 0.15) is 37.8 Å². The Morgan fingerprint density at radius 3 is 2.77 bits per heavy atom. The molecule has 3 aromatic rings. The fourth-order valence-electron chi connectivity index (χ4n) is 4.02. The number of ether oxygens (including phenoxy) is 2. The fourth-order valence-corrected chi connectivity index (χ4v) is 4.02. The maximum Gasteiger partial charge on any atom is 0.262 e. The lowest BCUT2D eigenvalue weighted by atomic mass is 10.0. The molecule has 1 atom stereocenters. The van der Waals surface area contributed by atoms with E-state index in [1.54, 1.807) is 10.8 Å². The molecule has 1 saturated heterocycles. The van der Waals surface area contributed by atoms with Crippen LogP contribution in [-0.4, -0.2) is 41.0 Å². The fraction of sp³-hybridized carbons (Fsp3) is 0.321. The van der Waals surface area contributed by atoms with Crippen LogP contribution < -0.4 is 10.1 Å². The highest BCUT2D eigenvalue weighted by atomic mass is 16.5. The number of hydrogen-bond donors (Lipinski definition) is 1. The van der Waals surface area contributed by atoms with Gasteiger partial charge in [0.05, 0.1) is 17.9 Å². The SMILES string of the molecule is Cc1cc(-c2nn(-c3ccccc3)cc2/C=C(/C#N)C(=O)NC[C@@H]2CCCO2)ccc1OC(C)C. The van der Waals surface area contributed by atoms with Crippen LogP contribution >= 0.6 is 0 Å². The second-order valence-corrected chi connectivity index (χ2v) is 8.87. The number of nitriles is 1. The number of aromatic nitrogens is 2. The topological polar surface area (TPSA) is 89.2 Å². The average Bonchev–Trinajstić information content (AvgIpc) is 3.53. The first-order valence-electron chi connectivity index (χ1n) is 11.9. The molecule has 0 aliphatic carbocycles. The van der Waals surface area contributed by atoms with Crippen molar-refractivity contribution in [2.75, 3.05) is 13.2 Å². The number of aryl methyl sites for hydroxylation is 1. The quantitative estimate of drug-likeness (QED) is 0.376. The zero-order valence-electron chi connectivity index (χ0n) is 20.3. The van der Waals surface area contributed by atoms with Gasteiger partial charge in [-0.2, -0.15) is 10.4 Å². The third-order valence-electron chi connectivity index (χ3n) is 5.75. The van der Waals surface area contributed by atoms with Crippen LogP contribution in [0.4, 0.5) is 0 Å². The van der Waals surface area contributed by atoms with Crippen LogP contribution in [0.5, 0.6) is 5.75 Å². The smallest absolute Gasteiger partial charge is 0.262 e. The van der Waals surface area contributed by atoms with E-state index in [0.717, 1.165) is 35.4 Å². The molecule has 7 nitrogen and oxygen atoms in total. The molecule has 1 aliphatic heterocycles. The molecule has 2 aromatic carbocycles. The van der Waals surface area contributed by atoms with Gasteiger partial charge in [0.2, 0.25) is 0 Å². The Labute approximate surface area is 206 Å². The summed E-state index contributed by atoms with van der Waals surface area (Å²) in [5.41, 5.74) is 4.11. The van der Waals surface area contributed by atoms with E-state index in [-0.39, 0.29) is 17.8 Å². The van der Waals surface area contributed by atoms with E-state index >= 15 is 0 Å². The molecule has 1 aromatic heterocycles. The standard InChI is InChI=1S/C28H30N4O3/c1-19(2)35-26-12-11-21(14-20(26)3)27-23(18-32(31-27)24-8-5-4-6-9-24)15-22(16-29)28(33)30-17-25-10-7-13-34-25/h4-6,8-9,11-12,14-15,18-19,25H,7,10,13,17H2,1-3H3,(H,30,33)/b22-15-/t25-/m0/s1. The van der Waals surface area contributed by atoms with Crippen molar-refractivity contribution in [2.45, 2.75) is 45.8 Å². The minimum Gasteiger partial charge on any atom is -0.491 e. The Bertz CT molecular complexity index is 1250. The number of nitrogens with one attached hydrogen (secondary N) is 1. The minimum atomic E-state index is -0.418. The number of carbonyl (C=O) groups excluding carboxylic acids is 1. The third kappa shape index (κ3) is 5.97. The second-order valence-electron chi connectivity index (χ2n) is 8.87. The highest BCUT2D eigenvalue weighted by Gasteiger charge is 2.19. The molecule has 2 heterocycles. The van der Waals surface area contributed by atoms with Gasteiger partial charge in [0.15, 0.2) is 0 Å². The van der Waals surface area contributed by atoms with E-state index < -0.39 is 5.91 Å². The van der Waals surface area contributed by atoms with E-state index in [0.29, 0.717) is 24.4 Å². The van der Waals surface area contributed by atoms with Crippen LogP contribution in [0.25, 0.3) is 23.0 Å². The van der Waals surface area contributed by atoms with Gasteiger partial charge in [-0.15, -0.1) is 0 Å². The predicted molar refractivity (Wildman–Crippen MR) is 135 cm³/mol. The van der Waals surface area contributed by atoms with Crippen LogP contribution in [-0.2, 0) is 9.53 Å². The summed E-state index contributed by atoms with van der Waals surface area (Å²) in [6, 6.07) is 17.7. The molecule has 0 radical (unpaired) electrons. The first-order chi connectivity index (χ1) is 16.9. The largest absolute Gasteiger partial charge is 0.491 e. The number of carbonyl (C=O) groups is 1. The summed E-state index contributed by atoms with van der Waals surface area (Å²) in [5, 5.41) is 17.4. The van der Waals surface area contributed by atoms with Gasteiger partial charge in [-0.3, -0.25) is 4.79 Å². The van der Waals surface area contributed by atoms with Gasteiger partial charge >= 0.3 is 0 Å². The minimum absolute atomic E-state index is 0.00447. The van der Waals surface area contributed by atoms with Gasteiger partial charge in [0.25, 0.3) is 5.91 Å². The van der Waals surface area contributed by atoms with Crippen LogP contribution in [0.3, 0.4) is 0 Å². The van der Waals surface area contributed by atoms with Crippen molar-refractivity contribution in [1.29, 1.82) is 5.26 Å². The van der Waals surface area contributed by atoms with Crippen molar-refractivity contribution in [2.24, 2.45) is 0 Å². The molecule has 35 heavy (non-hydrogen) atoms. The molecule has 1 N–H and O–H groups in total. The predicted octanol–water partition coefficient (Wildman–Crippen LogP) is 4.84. The van der Waals surface area contributed by atoms with Gasteiger partial charge in [-0.05, 0) is 75.6 Å². The first-order valence-corrected chi connectivity index (χ1v) is 11.9. The van der Waals surface area contributed by atoms with Crippen molar-refractivity contribution in [1.82, 2.24) is 15.1 Å². The zero-order chi connectivity index (χ0) is 24.8. The number of amides is 1. The summed E-state index contributed by atoms with van der Waals surface area (Å²) in [6.45, 7) is 7.08. The Kier molecular flexibility index (Phi) is 7.64. The summed E-state index contributed by atoms with van der Waals surface area (Å²) in [6.07, 6.45) is 5.41. The molecule has 7 heteroatoms. The van der Waals surface area contributed by atoms with Crippen molar-refractivity contribution in [3.63, 3.8) is 0 Å². The van der Waals surface area contributed by atoms with Gasteiger partial charge in [-0.25, -0.2) is 4.68 Å². The zero-order valence-corrected chi connectivity index (χ0v) is 20.3. The van der Waals surface area contributed by atoms with E-state index in [2.05, 4.69) is 5.32 Å². The van der Waals surface area contributed by atoms with Crippen molar-refractivity contribution in [3.05, 3.63) is 71.4 Å². The number of benzene rings is 2. The molecule has 1 aliphatic rings. The maximum absolute atomic E-state index is 12.8. The summed E-state index contributed by atoms with van der Waals surface area (Å²) >= 11 is 0. The summed E-state index contributed by atoms with van der Waals surface area (Å²) in [4.78, 5) is 12.8. The molecule has 4 rings (SSSR count). The normalized spacial score (nSPS) is 15.7. The molecule has 0 saturated carbocycles. The molecule has 180 valence electrons. The Morgan fingerprint density at radius 1 is 1.31 bits per heavy atom. The highest BCUT2D eigenvalue weighted by molar-refractivity contribution is 6.02. The summed E-state index contributed by atoms with van der Waals surface area (Å²) < 4.78 is 13.2. The van der Waals surface area contributed by atoms with E-state index in [1.165, 1.54) is 0 Å². The van der Waals surface area contributed by atoms with Crippen LogP contribution in [0, 0.1) is 18.3 Å². The Hall–Kier alpha value is -3.89. The molecular weight excluding hydrogens is 440 g/mol. The molecular formula is C28H30N4O3. The van der Waals surface area contributed by atoms with Gasteiger partial charge in [0.1, 0.15) is 23.1 Å². The molecule has 1 fully saturated rings. The molecule has 0 spiro atoms. The third-order valence-corrected chi connectivity index (χ3v) is 5.75. The van der Waals surface area contributed by atoms with Gasteiger partial charge in [-0.1, -0.05) is 18.2 Å². The number of hydrogen-bond acceptors (Lipinski definition) is 5. The highest BCUT2D eigenvalue weighted by Crippen LogP contribution is 2.30. The van der Waals surface area contributed by atoms with Crippen LogP contribution in [0.2, 0.25) is 0 Å².